The second-order valence-corrected chi connectivity index (χ2v) is 8.68. The van der Waals surface area contributed by atoms with E-state index in [1.165, 1.54) is 11.3 Å². The quantitative estimate of drug-likeness (QED) is 0.772. The minimum atomic E-state index is -3.55. The second-order valence-electron chi connectivity index (χ2n) is 3.97. The lowest BCUT2D eigenvalue weighted by Crippen LogP contribution is -2.23. The number of nitrogens with zero attached hydrogens (tertiary/aromatic N) is 1. The minimum absolute atomic E-state index is 0.204. The highest BCUT2D eigenvalue weighted by Crippen LogP contribution is 2.25. The number of aromatic nitrogens is 1. The molecule has 2 aromatic rings. The van der Waals surface area contributed by atoms with Gasteiger partial charge in [0.25, 0.3) is 0 Å². The molecule has 0 saturated heterocycles. The molecule has 108 valence electrons. The average molecular weight is 440 g/mol. The van der Waals surface area contributed by atoms with E-state index in [-0.39, 0.29) is 11.4 Å². The zero-order valence-corrected chi connectivity index (χ0v) is 15.4. The third kappa shape index (κ3) is 3.88. The number of benzene rings is 1. The molecule has 0 fully saturated rings. The Balaban J connectivity index is 2.14. The van der Waals surface area contributed by atoms with Crippen LogP contribution in [-0.4, -0.2) is 13.4 Å². The van der Waals surface area contributed by atoms with Gasteiger partial charge in [0.05, 0.1) is 11.4 Å². The van der Waals surface area contributed by atoms with Gasteiger partial charge in [-0.2, -0.15) is 0 Å². The van der Waals surface area contributed by atoms with Gasteiger partial charge in [-0.05, 0) is 40.5 Å². The largest absolute Gasteiger partial charge is 0.248 e. The summed E-state index contributed by atoms with van der Waals surface area (Å²) in [6.07, 6.45) is 2.69. The highest BCUT2D eigenvalue weighted by atomic mass is 79.9. The predicted molar refractivity (Wildman–Crippen MR) is 87.4 cm³/mol. The van der Waals surface area contributed by atoms with Gasteiger partial charge >= 0.3 is 0 Å². The number of halogens is 2. The smallest absolute Gasteiger partial charge is 0.242 e. The van der Waals surface area contributed by atoms with E-state index in [2.05, 4.69) is 41.6 Å². The van der Waals surface area contributed by atoms with Crippen LogP contribution in [0.4, 0.5) is 0 Å². The zero-order chi connectivity index (χ0) is 14.8. The van der Waals surface area contributed by atoms with Crippen molar-refractivity contribution in [1.29, 1.82) is 0 Å². The lowest BCUT2D eigenvalue weighted by atomic mass is 10.4. The number of thiazole rings is 1. The number of aryl methyl sites for hydroxylation is 1. The molecule has 2 rings (SSSR count). The lowest BCUT2D eigenvalue weighted by Gasteiger charge is -2.07. The Kier molecular flexibility index (Phi) is 5.36. The summed E-state index contributed by atoms with van der Waals surface area (Å²) in [5.41, 5.74) is 0. The molecule has 0 amide bonds. The van der Waals surface area contributed by atoms with Crippen LogP contribution >= 0.6 is 43.2 Å². The van der Waals surface area contributed by atoms with E-state index in [9.17, 15) is 8.42 Å². The first-order chi connectivity index (χ1) is 9.42. The minimum Gasteiger partial charge on any atom is -0.248 e. The van der Waals surface area contributed by atoms with Crippen molar-refractivity contribution in [3.8, 4) is 0 Å². The highest BCUT2D eigenvalue weighted by molar-refractivity contribution is 9.11. The maximum absolute atomic E-state index is 12.2. The molecule has 0 atom stereocenters. The van der Waals surface area contributed by atoms with Gasteiger partial charge in [0.2, 0.25) is 10.0 Å². The summed E-state index contributed by atoms with van der Waals surface area (Å²) in [6.45, 7) is 2.25. The van der Waals surface area contributed by atoms with Gasteiger partial charge in [-0.1, -0.05) is 22.9 Å². The Labute approximate surface area is 138 Å². The summed E-state index contributed by atoms with van der Waals surface area (Å²) in [4.78, 5) is 5.55. The van der Waals surface area contributed by atoms with E-state index in [0.29, 0.717) is 4.47 Å². The lowest BCUT2D eigenvalue weighted by molar-refractivity contribution is 0.580. The molecule has 0 aliphatic heterocycles. The fourth-order valence-corrected chi connectivity index (χ4v) is 5.15. The first-order valence-corrected chi connectivity index (χ1v) is 9.69. The van der Waals surface area contributed by atoms with Crippen LogP contribution in [0, 0.1) is 0 Å². The summed E-state index contributed by atoms with van der Waals surface area (Å²) in [7, 11) is -3.55. The van der Waals surface area contributed by atoms with Crippen LogP contribution in [0.1, 0.15) is 16.8 Å². The van der Waals surface area contributed by atoms with E-state index in [0.717, 1.165) is 20.8 Å². The highest BCUT2D eigenvalue weighted by Gasteiger charge is 2.18. The molecule has 1 aromatic heterocycles. The average Bonchev–Trinajstić information content (AvgIpc) is 2.84. The molecule has 0 unspecified atom stereocenters. The van der Waals surface area contributed by atoms with Gasteiger partial charge in [-0.15, -0.1) is 11.3 Å². The number of hydrogen-bond acceptors (Lipinski definition) is 4. The Morgan fingerprint density at radius 2 is 2.10 bits per heavy atom. The molecular formula is C12H12Br2N2O2S2. The molecule has 4 nitrogen and oxygen atoms in total. The van der Waals surface area contributed by atoms with Crippen LogP contribution in [0.5, 0.6) is 0 Å². The second kappa shape index (κ2) is 6.65. The van der Waals surface area contributed by atoms with Gasteiger partial charge in [0.15, 0.2) is 0 Å². The van der Waals surface area contributed by atoms with E-state index < -0.39 is 10.0 Å². The van der Waals surface area contributed by atoms with Gasteiger partial charge in [-0.25, -0.2) is 18.1 Å². The SMILES string of the molecule is CCc1cnc(CNS(=O)(=O)c2ccc(Br)cc2Br)s1. The van der Waals surface area contributed by atoms with Gasteiger partial charge in [-0.3, -0.25) is 0 Å². The molecular weight excluding hydrogens is 428 g/mol. The molecule has 1 heterocycles. The van der Waals surface area contributed by atoms with Crippen molar-refractivity contribution >= 4 is 53.2 Å². The van der Waals surface area contributed by atoms with Crippen LogP contribution in [0.25, 0.3) is 0 Å². The number of rotatable bonds is 5. The normalized spacial score (nSPS) is 11.8. The van der Waals surface area contributed by atoms with Crippen molar-refractivity contribution in [3.05, 3.63) is 43.2 Å². The fraction of sp³-hybridized carbons (Fsp3) is 0.250. The summed E-state index contributed by atoms with van der Waals surface area (Å²) >= 11 is 8.08. The van der Waals surface area contributed by atoms with Crippen molar-refractivity contribution in [2.75, 3.05) is 0 Å². The van der Waals surface area contributed by atoms with Crippen LogP contribution < -0.4 is 4.72 Å². The molecule has 0 spiro atoms. The molecule has 0 aliphatic rings. The van der Waals surface area contributed by atoms with Crippen molar-refractivity contribution in [2.24, 2.45) is 0 Å². The Hall–Kier alpha value is -0.280. The first kappa shape index (κ1) is 16.1. The van der Waals surface area contributed by atoms with Crippen LogP contribution in [-0.2, 0) is 23.0 Å². The molecule has 1 aromatic carbocycles. The van der Waals surface area contributed by atoms with E-state index in [4.69, 9.17) is 0 Å². The predicted octanol–water partition coefficient (Wildman–Crippen LogP) is 3.71. The van der Waals surface area contributed by atoms with Crippen LogP contribution in [0.15, 0.2) is 38.2 Å². The van der Waals surface area contributed by atoms with Crippen molar-refractivity contribution < 1.29 is 8.42 Å². The summed E-state index contributed by atoms with van der Waals surface area (Å²) in [6, 6.07) is 4.95. The monoisotopic (exact) mass is 438 g/mol. The molecule has 8 heteroatoms. The zero-order valence-electron chi connectivity index (χ0n) is 10.6. The molecule has 20 heavy (non-hydrogen) atoms. The number of sulfonamides is 1. The topological polar surface area (TPSA) is 59.1 Å². The molecule has 0 aliphatic carbocycles. The van der Waals surface area contributed by atoms with Gasteiger partial charge in [0.1, 0.15) is 5.01 Å². The molecule has 0 radical (unpaired) electrons. The summed E-state index contributed by atoms with van der Waals surface area (Å²) < 4.78 is 28.4. The Morgan fingerprint density at radius 1 is 1.35 bits per heavy atom. The standard InChI is InChI=1S/C12H12Br2N2O2S2/c1-2-9-6-15-12(19-9)7-16-20(17,18)11-4-3-8(13)5-10(11)14/h3-6,16H,2,7H2,1H3. The first-order valence-electron chi connectivity index (χ1n) is 5.80. The van der Waals surface area contributed by atoms with Crippen molar-refractivity contribution in [3.63, 3.8) is 0 Å². The molecule has 0 saturated carbocycles. The van der Waals surface area contributed by atoms with E-state index >= 15 is 0 Å². The van der Waals surface area contributed by atoms with Crippen molar-refractivity contribution in [2.45, 2.75) is 24.8 Å². The molecule has 1 N–H and O–H groups in total. The maximum atomic E-state index is 12.2. The third-order valence-corrected chi connectivity index (χ3v) is 6.56. The number of nitrogens with one attached hydrogen (secondary N) is 1. The Morgan fingerprint density at radius 3 is 2.70 bits per heavy atom. The summed E-state index contributed by atoms with van der Waals surface area (Å²) in [5.74, 6) is 0. The summed E-state index contributed by atoms with van der Waals surface area (Å²) in [5, 5.41) is 0.763. The van der Waals surface area contributed by atoms with E-state index in [1.807, 2.05) is 6.92 Å². The van der Waals surface area contributed by atoms with Gasteiger partial charge < -0.3 is 0 Å². The fourth-order valence-electron chi connectivity index (χ4n) is 1.52. The number of hydrogen-bond donors (Lipinski definition) is 1. The van der Waals surface area contributed by atoms with E-state index in [1.54, 1.807) is 24.4 Å². The third-order valence-electron chi connectivity index (χ3n) is 2.55. The van der Waals surface area contributed by atoms with Crippen molar-refractivity contribution in [1.82, 2.24) is 9.71 Å². The van der Waals surface area contributed by atoms with Crippen LogP contribution in [0.3, 0.4) is 0 Å². The Bertz CT molecular complexity index is 714. The molecule has 0 bridgehead atoms. The van der Waals surface area contributed by atoms with Crippen LogP contribution in [0.2, 0.25) is 0 Å². The maximum Gasteiger partial charge on any atom is 0.242 e. The van der Waals surface area contributed by atoms with Gasteiger partial charge in [0, 0.05) is 20.0 Å².